The van der Waals surface area contributed by atoms with E-state index in [1.807, 2.05) is 31.1 Å². The third-order valence-corrected chi connectivity index (χ3v) is 7.65. The number of carbonyl (C=O) groups excluding carboxylic acids is 2. The van der Waals surface area contributed by atoms with Gasteiger partial charge in [0.1, 0.15) is 25.1 Å². The van der Waals surface area contributed by atoms with Gasteiger partial charge < -0.3 is 23.8 Å². The molecule has 0 heterocycles. The van der Waals surface area contributed by atoms with Crippen LogP contribution in [0.1, 0.15) is 20.8 Å². The topological polar surface area (TPSA) is 108 Å². The molecule has 0 radical (unpaired) electrons. The molecule has 0 aliphatic rings. The van der Waals surface area contributed by atoms with Crippen molar-refractivity contribution in [3.63, 3.8) is 0 Å². The minimum absolute atomic E-state index is 0.0152. The normalized spacial score (nSPS) is 13.0. The number of rotatable bonds is 14. The van der Waals surface area contributed by atoms with Crippen molar-refractivity contribution in [2.45, 2.75) is 42.8 Å². The molecule has 0 saturated carbocycles. The molecule has 0 N–H and O–H groups in total. The van der Waals surface area contributed by atoms with Crippen LogP contribution in [0.5, 0.6) is 11.5 Å². The molecule has 0 aromatic heterocycles. The molecule has 2 rings (SSSR count). The van der Waals surface area contributed by atoms with Crippen molar-refractivity contribution in [1.29, 1.82) is 0 Å². The number of nitrogens with zero attached hydrogens (tertiary/aromatic N) is 1. The second-order valence-corrected chi connectivity index (χ2v) is 11.4. The standard InChI is InChI=1S/C26H30Cl3NO8S/c1-5-10-30(4)14-21(38-18(3)32)16-35-19-6-8-22(9-7-19)39(33,34)23-11-24(28)26(25(29)12-23)36-15-20(13-27)37-17(2)31/h5-12,20-21H,13-16H2,1-4H3/b10-5-/t20-,21?/m0/s1. The maximum absolute atomic E-state index is 13.2. The van der Waals surface area contributed by atoms with E-state index < -0.39 is 34.0 Å². The Morgan fingerprint density at radius 2 is 1.46 bits per heavy atom. The Hall–Kier alpha value is -2.66. The van der Waals surface area contributed by atoms with Gasteiger partial charge in [-0.05, 0) is 49.5 Å². The molecule has 0 fully saturated rings. The van der Waals surface area contributed by atoms with Crippen molar-refractivity contribution >= 4 is 56.6 Å². The average molecular weight is 623 g/mol. The van der Waals surface area contributed by atoms with Gasteiger partial charge >= 0.3 is 11.9 Å². The van der Waals surface area contributed by atoms with Gasteiger partial charge in [-0.25, -0.2) is 8.42 Å². The maximum Gasteiger partial charge on any atom is 0.303 e. The van der Waals surface area contributed by atoms with E-state index >= 15 is 0 Å². The van der Waals surface area contributed by atoms with Gasteiger partial charge in [-0.15, -0.1) is 11.6 Å². The second kappa shape index (κ2) is 15.2. The molecule has 0 aliphatic carbocycles. The summed E-state index contributed by atoms with van der Waals surface area (Å²) in [4.78, 5) is 24.3. The smallest absolute Gasteiger partial charge is 0.303 e. The third kappa shape index (κ3) is 10.1. The van der Waals surface area contributed by atoms with E-state index in [2.05, 4.69) is 0 Å². The second-order valence-electron chi connectivity index (χ2n) is 8.35. The minimum Gasteiger partial charge on any atom is -0.490 e. The Morgan fingerprint density at radius 3 is 1.97 bits per heavy atom. The molecule has 214 valence electrons. The summed E-state index contributed by atoms with van der Waals surface area (Å²) in [5.41, 5.74) is 0. The van der Waals surface area contributed by atoms with Crippen LogP contribution in [0.4, 0.5) is 0 Å². The van der Waals surface area contributed by atoms with E-state index in [9.17, 15) is 18.0 Å². The zero-order valence-corrected chi connectivity index (χ0v) is 24.9. The van der Waals surface area contributed by atoms with E-state index in [-0.39, 0.29) is 44.7 Å². The van der Waals surface area contributed by atoms with Crippen LogP contribution in [-0.2, 0) is 28.9 Å². The van der Waals surface area contributed by atoms with Crippen LogP contribution in [0.2, 0.25) is 10.0 Å². The number of alkyl halides is 1. The van der Waals surface area contributed by atoms with Gasteiger partial charge in [0.25, 0.3) is 0 Å². The number of sulfone groups is 1. The first-order valence-electron chi connectivity index (χ1n) is 11.7. The van der Waals surface area contributed by atoms with Gasteiger partial charge in [-0.2, -0.15) is 0 Å². The first kappa shape index (κ1) is 32.6. The lowest BCUT2D eigenvalue weighted by Gasteiger charge is -2.23. The largest absolute Gasteiger partial charge is 0.490 e. The van der Waals surface area contributed by atoms with Crippen LogP contribution in [0, 0.1) is 0 Å². The van der Waals surface area contributed by atoms with Gasteiger partial charge in [0.05, 0.1) is 32.3 Å². The molecule has 2 atom stereocenters. The number of allylic oxidation sites excluding steroid dienone is 1. The van der Waals surface area contributed by atoms with Crippen LogP contribution in [-0.4, -0.2) is 70.2 Å². The van der Waals surface area contributed by atoms with Crippen molar-refractivity contribution in [3.05, 3.63) is 58.7 Å². The van der Waals surface area contributed by atoms with E-state index in [1.54, 1.807) is 0 Å². The number of likely N-dealkylation sites (N-methyl/N-ethyl adjacent to an activating group) is 1. The van der Waals surface area contributed by atoms with Crippen molar-refractivity contribution in [2.24, 2.45) is 0 Å². The Balaban J connectivity index is 2.14. The monoisotopic (exact) mass is 621 g/mol. The van der Waals surface area contributed by atoms with Crippen LogP contribution < -0.4 is 9.47 Å². The summed E-state index contributed by atoms with van der Waals surface area (Å²) in [6.07, 6.45) is 2.42. The summed E-state index contributed by atoms with van der Waals surface area (Å²) < 4.78 is 48.0. The first-order chi connectivity index (χ1) is 18.4. The quantitative estimate of drug-likeness (QED) is 0.209. The Kier molecular flexibility index (Phi) is 12.7. The molecule has 13 heteroatoms. The van der Waals surface area contributed by atoms with Gasteiger partial charge in [-0.3, -0.25) is 9.59 Å². The molecule has 0 spiro atoms. The predicted molar refractivity (Wildman–Crippen MR) is 149 cm³/mol. The lowest BCUT2D eigenvalue weighted by Crippen LogP contribution is -2.34. The lowest BCUT2D eigenvalue weighted by atomic mass is 10.3. The first-order valence-corrected chi connectivity index (χ1v) is 14.5. The summed E-state index contributed by atoms with van der Waals surface area (Å²) >= 11 is 18.3. The Bertz CT molecular complexity index is 1250. The van der Waals surface area contributed by atoms with Crippen molar-refractivity contribution in [1.82, 2.24) is 4.90 Å². The molecule has 1 unspecified atom stereocenters. The minimum atomic E-state index is -3.99. The zero-order valence-electron chi connectivity index (χ0n) is 21.9. The molecule has 2 aromatic carbocycles. The number of halogens is 3. The van der Waals surface area contributed by atoms with Crippen molar-refractivity contribution < 1.29 is 37.0 Å². The number of esters is 2. The van der Waals surface area contributed by atoms with E-state index in [4.69, 9.17) is 53.8 Å². The fourth-order valence-electron chi connectivity index (χ4n) is 3.39. The summed E-state index contributed by atoms with van der Waals surface area (Å²) in [5, 5.41) is -0.0897. The highest BCUT2D eigenvalue weighted by molar-refractivity contribution is 7.91. The molecule has 2 aromatic rings. The van der Waals surface area contributed by atoms with E-state index in [1.165, 1.54) is 50.2 Å². The SMILES string of the molecule is C/C=C\N(C)CC(COc1ccc(S(=O)(=O)c2cc(Cl)c(OC[C@H](CCl)OC(C)=O)c(Cl)c2)cc1)OC(C)=O. The van der Waals surface area contributed by atoms with Crippen LogP contribution in [0.3, 0.4) is 0 Å². The molecular weight excluding hydrogens is 593 g/mol. The van der Waals surface area contributed by atoms with Crippen LogP contribution >= 0.6 is 34.8 Å². The van der Waals surface area contributed by atoms with E-state index in [0.29, 0.717) is 12.3 Å². The number of ether oxygens (including phenoxy) is 4. The summed E-state index contributed by atoms with van der Waals surface area (Å²) in [6.45, 7) is 4.79. The number of benzene rings is 2. The van der Waals surface area contributed by atoms with Gasteiger partial charge in [0.2, 0.25) is 9.84 Å². The number of carbonyl (C=O) groups is 2. The molecule has 0 saturated heterocycles. The highest BCUT2D eigenvalue weighted by Crippen LogP contribution is 2.37. The molecule has 0 bridgehead atoms. The Labute approximate surface area is 243 Å². The zero-order chi connectivity index (χ0) is 29.2. The third-order valence-electron chi connectivity index (χ3n) is 5.00. The molecule has 9 nitrogen and oxygen atoms in total. The maximum atomic E-state index is 13.2. The number of hydrogen-bond acceptors (Lipinski definition) is 9. The van der Waals surface area contributed by atoms with Crippen LogP contribution in [0.15, 0.2) is 58.5 Å². The molecule has 0 amide bonds. The number of hydrogen-bond donors (Lipinski definition) is 0. The lowest BCUT2D eigenvalue weighted by molar-refractivity contribution is -0.148. The summed E-state index contributed by atoms with van der Waals surface area (Å²) in [5.74, 6) is -0.554. The van der Waals surface area contributed by atoms with Gasteiger partial charge in [0.15, 0.2) is 11.9 Å². The summed E-state index contributed by atoms with van der Waals surface area (Å²) in [7, 11) is -2.15. The molecule has 0 aliphatic heterocycles. The Morgan fingerprint density at radius 1 is 0.923 bits per heavy atom. The fourth-order valence-corrected chi connectivity index (χ4v) is 5.58. The molecule has 39 heavy (non-hydrogen) atoms. The fraction of sp³-hybridized carbons (Fsp3) is 0.385. The highest BCUT2D eigenvalue weighted by Gasteiger charge is 2.23. The van der Waals surface area contributed by atoms with Crippen LogP contribution in [0.25, 0.3) is 0 Å². The summed E-state index contributed by atoms with van der Waals surface area (Å²) in [6, 6.07) is 8.19. The van der Waals surface area contributed by atoms with Gasteiger partial charge in [0, 0.05) is 20.9 Å². The predicted octanol–water partition coefficient (Wildman–Crippen LogP) is 5.15. The van der Waals surface area contributed by atoms with E-state index in [0.717, 1.165) is 0 Å². The average Bonchev–Trinajstić information content (AvgIpc) is 2.85. The van der Waals surface area contributed by atoms with Crippen molar-refractivity contribution in [2.75, 3.05) is 32.7 Å². The molecular formula is C26H30Cl3NO8S. The van der Waals surface area contributed by atoms with Crippen molar-refractivity contribution in [3.8, 4) is 11.5 Å². The van der Waals surface area contributed by atoms with Gasteiger partial charge in [-0.1, -0.05) is 29.3 Å². The highest BCUT2D eigenvalue weighted by atomic mass is 35.5.